The molecule has 2 heterocycles. The van der Waals surface area contributed by atoms with Crippen LogP contribution < -0.4 is 10.1 Å². The summed E-state index contributed by atoms with van der Waals surface area (Å²) in [6, 6.07) is 9.34. The second kappa shape index (κ2) is 8.21. The maximum atomic E-state index is 12.1. The van der Waals surface area contributed by atoms with E-state index in [0.29, 0.717) is 18.0 Å². The molecule has 1 fully saturated rings. The quantitative estimate of drug-likeness (QED) is 0.822. The van der Waals surface area contributed by atoms with E-state index in [9.17, 15) is 4.79 Å². The SMILES string of the molecule is CC(C)N1CCC(Nc2ccc3[nH]c(OC(=O)N(C)C(C)C)cc3c2)CC1. The van der Waals surface area contributed by atoms with Gasteiger partial charge in [-0.05, 0) is 58.7 Å². The fourth-order valence-corrected chi connectivity index (χ4v) is 3.42. The lowest BCUT2D eigenvalue weighted by Crippen LogP contribution is -2.42. The van der Waals surface area contributed by atoms with E-state index < -0.39 is 0 Å². The van der Waals surface area contributed by atoms with Crippen molar-refractivity contribution in [3.63, 3.8) is 0 Å². The molecule has 0 radical (unpaired) electrons. The van der Waals surface area contributed by atoms with Crippen molar-refractivity contribution in [2.45, 2.75) is 58.7 Å². The number of aromatic nitrogens is 1. The van der Waals surface area contributed by atoms with Crippen LogP contribution in [0.4, 0.5) is 10.5 Å². The van der Waals surface area contributed by atoms with Crippen LogP contribution in [-0.4, -0.2) is 59.1 Å². The molecule has 1 aromatic heterocycles. The highest BCUT2D eigenvalue weighted by molar-refractivity contribution is 5.85. The van der Waals surface area contributed by atoms with Gasteiger partial charge in [0.05, 0.1) is 0 Å². The minimum absolute atomic E-state index is 0.0970. The van der Waals surface area contributed by atoms with Crippen molar-refractivity contribution >= 4 is 22.7 Å². The molecule has 1 aliphatic rings. The van der Waals surface area contributed by atoms with E-state index in [1.165, 1.54) is 0 Å². The Morgan fingerprint density at radius 3 is 2.56 bits per heavy atom. The number of aromatic amines is 1. The first-order chi connectivity index (χ1) is 12.8. The highest BCUT2D eigenvalue weighted by atomic mass is 16.6. The van der Waals surface area contributed by atoms with Gasteiger partial charge in [-0.25, -0.2) is 4.79 Å². The number of nitrogens with one attached hydrogen (secondary N) is 2. The Kier molecular flexibility index (Phi) is 5.95. The van der Waals surface area contributed by atoms with Crippen LogP contribution in [0, 0.1) is 0 Å². The first-order valence-corrected chi connectivity index (χ1v) is 9.91. The van der Waals surface area contributed by atoms with Crippen molar-refractivity contribution in [1.82, 2.24) is 14.8 Å². The number of benzene rings is 1. The largest absolute Gasteiger partial charge is 0.416 e. The smallest absolute Gasteiger partial charge is 0.393 e. The molecule has 27 heavy (non-hydrogen) atoms. The molecule has 0 unspecified atom stereocenters. The molecule has 1 aromatic carbocycles. The van der Waals surface area contributed by atoms with E-state index in [1.54, 1.807) is 11.9 Å². The number of nitrogens with zero attached hydrogens (tertiary/aromatic N) is 2. The number of hydrogen-bond donors (Lipinski definition) is 2. The number of ether oxygens (including phenoxy) is 1. The number of anilines is 1. The summed E-state index contributed by atoms with van der Waals surface area (Å²) in [5.41, 5.74) is 2.08. The number of carbonyl (C=O) groups is 1. The van der Waals surface area contributed by atoms with Gasteiger partial charge in [0.25, 0.3) is 0 Å². The molecule has 1 saturated heterocycles. The fraction of sp³-hybridized carbons (Fsp3) is 0.571. The number of fused-ring (bicyclic) bond motifs is 1. The Bertz CT molecular complexity index is 776. The van der Waals surface area contributed by atoms with Crippen LogP contribution in [0.1, 0.15) is 40.5 Å². The molecule has 1 amide bonds. The Labute approximate surface area is 161 Å². The summed E-state index contributed by atoms with van der Waals surface area (Å²) in [5.74, 6) is 0.477. The minimum atomic E-state index is -0.355. The third-order valence-corrected chi connectivity index (χ3v) is 5.49. The van der Waals surface area contributed by atoms with Gasteiger partial charge in [0.2, 0.25) is 5.88 Å². The maximum Gasteiger partial charge on any atom is 0.416 e. The maximum absolute atomic E-state index is 12.1. The van der Waals surface area contributed by atoms with Crippen LogP contribution in [-0.2, 0) is 0 Å². The van der Waals surface area contributed by atoms with Crippen molar-refractivity contribution < 1.29 is 9.53 Å². The van der Waals surface area contributed by atoms with E-state index in [0.717, 1.165) is 42.5 Å². The van der Waals surface area contributed by atoms with E-state index in [2.05, 4.69) is 41.2 Å². The van der Waals surface area contributed by atoms with Crippen LogP contribution in [0.25, 0.3) is 10.9 Å². The predicted molar refractivity (Wildman–Crippen MR) is 111 cm³/mol. The Balaban J connectivity index is 1.63. The van der Waals surface area contributed by atoms with Crippen LogP contribution in [0.3, 0.4) is 0 Å². The van der Waals surface area contributed by atoms with E-state index in [4.69, 9.17) is 4.74 Å². The summed E-state index contributed by atoms with van der Waals surface area (Å²) >= 11 is 0. The predicted octanol–water partition coefficient (Wildman–Crippen LogP) is 4.29. The first-order valence-electron chi connectivity index (χ1n) is 9.91. The number of hydrogen-bond acceptors (Lipinski definition) is 4. The van der Waals surface area contributed by atoms with Crippen molar-refractivity contribution in [3.8, 4) is 5.88 Å². The first kappa shape index (κ1) is 19.5. The third kappa shape index (κ3) is 4.75. The molecule has 0 atom stereocenters. The lowest BCUT2D eigenvalue weighted by Gasteiger charge is -2.35. The van der Waals surface area contributed by atoms with Crippen molar-refractivity contribution in [1.29, 1.82) is 0 Å². The number of rotatable bonds is 5. The summed E-state index contributed by atoms with van der Waals surface area (Å²) < 4.78 is 5.45. The second-order valence-electron chi connectivity index (χ2n) is 8.06. The zero-order valence-corrected chi connectivity index (χ0v) is 17.1. The molecule has 2 N–H and O–H groups in total. The summed E-state index contributed by atoms with van der Waals surface area (Å²) in [6.07, 6.45) is 1.97. The van der Waals surface area contributed by atoms with Crippen LogP contribution >= 0.6 is 0 Å². The Hall–Kier alpha value is -2.21. The topological polar surface area (TPSA) is 60.6 Å². The van der Waals surface area contributed by atoms with Crippen molar-refractivity contribution in [2.75, 3.05) is 25.5 Å². The molecule has 148 valence electrons. The molecule has 2 aromatic rings. The van der Waals surface area contributed by atoms with Gasteiger partial charge in [-0.2, -0.15) is 0 Å². The molecule has 3 rings (SSSR count). The molecule has 0 aliphatic carbocycles. The molecule has 0 spiro atoms. The molecular weight excluding hydrogens is 340 g/mol. The van der Waals surface area contributed by atoms with Gasteiger partial charge in [0.1, 0.15) is 0 Å². The lowest BCUT2D eigenvalue weighted by atomic mass is 10.0. The highest BCUT2D eigenvalue weighted by Crippen LogP contribution is 2.26. The van der Waals surface area contributed by atoms with E-state index in [1.807, 2.05) is 26.0 Å². The average Bonchev–Trinajstić information content (AvgIpc) is 3.02. The molecule has 6 nitrogen and oxygen atoms in total. The minimum Gasteiger partial charge on any atom is -0.393 e. The van der Waals surface area contributed by atoms with Gasteiger partial charge < -0.3 is 24.8 Å². The summed E-state index contributed by atoms with van der Waals surface area (Å²) in [5, 5.41) is 4.70. The van der Waals surface area contributed by atoms with Gasteiger partial charge in [-0.1, -0.05) is 0 Å². The molecule has 1 aliphatic heterocycles. The lowest BCUT2D eigenvalue weighted by molar-refractivity contribution is 0.150. The van der Waals surface area contributed by atoms with E-state index in [-0.39, 0.29) is 12.1 Å². The van der Waals surface area contributed by atoms with Crippen LogP contribution in [0.2, 0.25) is 0 Å². The Morgan fingerprint density at radius 1 is 1.22 bits per heavy atom. The summed E-state index contributed by atoms with van der Waals surface area (Å²) in [4.78, 5) is 19.4. The summed E-state index contributed by atoms with van der Waals surface area (Å²) in [6.45, 7) is 10.7. The number of amides is 1. The van der Waals surface area contributed by atoms with Crippen LogP contribution in [0.15, 0.2) is 24.3 Å². The zero-order chi connectivity index (χ0) is 19.6. The van der Waals surface area contributed by atoms with Gasteiger partial charge in [0.15, 0.2) is 0 Å². The fourth-order valence-electron chi connectivity index (χ4n) is 3.42. The van der Waals surface area contributed by atoms with Crippen LogP contribution in [0.5, 0.6) is 5.88 Å². The number of carbonyl (C=O) groups excluding carboxylic acids is 1. The molecule has 6 heteroatoms. The van der Waals surface area contributed by atoms with E-state index >= 15 is 0 Å². The molecule has 0 bridgehead atoms. The standard InChI is InChI=1S/C21H32N4O2/c1-14(2)24(5)21(26)27-20-13-16-12-18(6-7-19(16)23-20)22-17-8-10-25(11-9-17)15(3)4/h6-7,12-15,17,22-23H,8-11H2,1-5H3. The average molecular weight is 373 g/mol. The van der Waals surface area contributed by atoms with Gasteiger partial charge in [-0.15, -0.1) is 0 Å². The molecule has 0 saturated carbocycles. The molecular formula is C21H32N4O2. The number of H-pyrrole nitrogens is 1. The van der Waals surface area contributed by atoms with Crippen molar-refractivity contribution in [2.24, 2.45) is 0 Å². The normalized spacial score (nSPS) is 16.3. The number of piperidine rings is 1. The number of likely N-dealkylation sites (tertiary alicyclic amines) is 1. The van der Waals surface area contributed by atoms with Gasteiger partial charge in [0, 0.05) is 60.9 Å². The van der Waals surface area contributed by atoms with Gasteiger partial charge >= 0.3 is 6.09 Å². The summed E-state index contributed by atoms with van der Waals surface area (Å²) in [7, 11) is 1.74. The Morgan fingerprint density at radius 2 is 1.93 bits per heavy atom. The zero-order valence-electron chi connectivity index (χ0n) is 17.1. The third-order valence-electron chi connectivity index (χ3n) is 5.49. The second-order valence-corrected chi connectivity index (χ2v) is 8.06. The van der Waals surface area contributed by atoms with Crippen molar-refractivity contribution in [3.05, 3.63) is 24.3 Å². The van der Waals surface area contributed by atoms with Gasteiger partial charge in [-0.3, -0.25) is 0 Å². The monoisotopic (exact) mass is 372 g/mol. The highest BCUT2D eigenvalue weighted by Gasteiger charge is 2.21.